The molecule has 0 aliphatic rings. The quantitative estimate of drug-likeness (QED) is 0.184. The van der Waals surface area contributed by atoms with Crippen LogP contribution in [0.25, 0.3) is 126 Å². The van der Waals surface area contributed by atoms with Crippen molar-refractivity contribution in [2.75, 3.05) is 0 Å². The Hall–Kier alpha value is -7.50. The van der Waals surface area contributed by atoms with E-state index in [1.165, 1.54) is 32.7 Å². The molecule has 55 heavy (non-hydrogen) atoms. The molecule has 0 amide bonds. The molecule has 4 aromatic heterocycles. The van der Waals surface area contributed by atoms with Gasteiger partial charge in [-0.3, -0.25) is 4.57 Å². The van der Waals surface area contributed by atoms with E-state index in [1.54, 1.807) is 0 Å². The second-order valence-corrected chi connectivity index (χ2v) is 14.4. The number of rotatable bonds is 3. The van der Waals surface area contributed by atoms with Crippen molar-refractivity contribution in [2.45, 2.75) is 0 Å². The Kier molecular flexibility index (Phi) is 5.57. The van der Waals surface area contributed by atoms with E-state index in [-0.39, 0.29) is 0 Å². The zero-order valence-electron chi connectivity index (χ0n) is 29.2. The average Bonchev–Trinajstić information content (AvgIpc) is 3.92. The van der Waals surface area contributed by atoms with Gasteiger partial charge < -0.3 is 8.83 Å². The molecule has 13 rings (SSSR count). The molecule has 0 aliphatic carbocycles. The predicted octanol–water partition coefficient (Wildman–Crippen LogP) is 13.6. The summed E-state index contributed by atoms with van der Waals surface area (Å²) in [5, 5.41) is 12.5. The molecule has 5 heteroatoms. The molecule has 0 fully saturated rings. The van der Waals surface area contributed by atoms with Gasteiger partial charge in [0.15, 0.2) is 5.58 Å². The fourth-order valence-electron chi connectivity index (χ4n) is 9.31. The van der Waals surface area contributed by atoms with Crippen LogP contribution in [0.1, 0.15) is 0 Å². The molecular formula is C50H27N3O2. The molecule has 13 aromatic rings. The Labute approximate surface area is 312 Å². The van der Waals surface area contributed by atoms with Crippen molar-refractivity contribution in [3.05, 3.63) is 164 Å². The zero-order chi connectivity index (χ0) is 35.8. The highest BCUT2D eigenvalue weighted by atomic mass is 16.3. The summed E-state index contributed by atoms with van der Waals surface area (Å²) < 4.78 is 15.5. The van der Waals surface area contributed by atoms with Gasteiger partial charge in [0.25, 0.3) is 0 Å². The lowest BCUT2D eigenvalue weighted by Gasteiger charge is -2.13. The number of furan rings is 2. The molecule has 0 unspecified atom stereocenters. The highest BCUT2D eigenvalue weighted by Crippen LogP contribution is 2.47. The maximum atomic E-state index is 6.68. The molecule has 254 valence electrons. The minimum Gasteiger partial charge on any atom is -0.456 e. The zero-order valence-corrected chi connectivity index (χ0v) is 29.2. The van der Waals surface area contributed by atoms with Crippen molar-refractivity contribution in [2.24, 2.45) is 0 Å². The summed E-state index contributed by atoms with van der Waals surface area (Å²) in [7, 11) is 0. The second-order valence-electron chi connectivity index (χ2n) is 14.4. The van der Waals surface area contributed by atoms with Crippen LogP contribution in [0.5, 0.6) is 0 Å². The lowest BCUT2D eigenvalue weighted by molar-refractivity contribution is 0.666. The molecular weight excluding hydrogens is 675 g/mol. The first kappa shape index (κ1) is 29.0. The summed E-state index contributed by atoms with van der Waals surface area (Å²) in [6.45, 7) is 0. The summed E-state index contributed by atoms with van der Waals surface area (Å²) in [6, 6.07) is 57.7. The van der Waals surface area contributed by atoms with E-state index < -0.39 is 0 Å². The minimum absolute atomic E-state index is 0.585. The van der Waals surface area contributed by atoms with E-state index in [2.05, 4.69) is 150 Å². The molecule has 0 spiro atoms. The van der Waals surface area contributed by atoms with Crippen molar-refractivity contribution in [3.8, 4) is 28.3 Å². The van der Waals surface area contributed by atoms with Gasteiger partial charge in [-0.05, 0) is 79.8 Å². The van der Waals surface area contributed by atoms with E-state index in [0.717, 1.165) is 82.3 Å². The molecule has 0 atom stereocenters. The molecule has 0 radical (unpaired) electrons. The SMILES string of the molecule is c1ccc(-c2ccc(-c3nc(-n4c5cccc6c7ccccc7c7cccc8oc9ccc4c(c9c87)c65)nc4c3oc3ccccc34)c3ccccc23)cc1. The summed E-state index contributed by atoms with van der Waals surface area (Å²) in [4.78, 5) is 11.0. The Balaban J connectivity index is 1.21. The van der Waals surface area contributed by atoms with E-state index in [1.807, 2.05) is 18.2 Å². The second kappa shape index (κ2) is 10.6. The molecule has 0 saturated carbocycles. The van der Waals surface area contributed by atoms with Crippen LogP contribution in [0.2, 0.25) is 0 Å². The largest absolute Gasteiger partial charge is 0.456 e. The van der Waals surface area contributed by atoms with Gasteiger partial charge >= 0.3 is 0 Å². The lowest BCUT2D eigenvalue weighted by Crippen LogP contribution is -2.03. The van der Waals surface area contributed by atoms with E-state index in [4.69, 9.17) is 18.8 Å². The third kappa shape index (κ3) is 3.81. The maximum absolute atomic E-state index is 6.68. The number of benzene rings is 8. The lowest BCUT2D eigenvalue weighted by atomic mass is 9.93. The smallest absolute Gasteiger partial charge is 0.236 e. The number of aromatic nitrogens is 3. The molecule has 0 N–H and O–H groups in total. The standard InChI is InChI=1S/C50H27N3O2/c1-2-12-28(13-3-1)29-24-25-36(33-17-7-4-14-30(29)33)47-49-48(37-18-8-9-22-40(37)55-49)52-50(51-47)53-38-21-10-19-34-31-15-5-6-16-32(31)35-20-11-23-41-44(35)46-42(54-41)27-26-39(53)45(46)43(34)38/h1-27H. The number of nitrogens with zero attached hydrogens (tertiary/aromatic N) is 3. The van der Waals surface area contributed by atoms with Crippen LogP contribution < -0.4 is 0 Å². The Bertz CT molecular complexity index is 3720. The van der Waals surface area contributed by atoms with Crippen molar-refractivity contribution >= 4 is 98.1 Å². The first-order chi connectivity index (χ1) is 27.3. The van der Waals surface area contributed by atoms with Gasteiger partial charge in [0.2, 0.25) is 5.95 Å². The Morgan fingerprint density at radius 1 is 0.364 bits per heavy atom. The summed E-state index contributed by atoms with van der Waals surface area (Å²) >= 11 is 0. The van der Waals surface area contributed by atoms with Crippen molar-refractivity contribution in [3.63, 3.8) is 0 Å². The van der Waals surface area contributed by atoms with E-state index in [0.29, 0.717) is 11.5 Å². The predicted molar refractivity (Wildman–Crippen MR) is 226 cm³/mol. The first-order valence-corrected chi connectivity index (χ1v) is 18.6. The normalized spacial score (nSPS) is 12.4. The van der Waals surface area contributed by atoms with Gasteiger partial charge in [-0.25, -0.2) is 9.97 Å². The fourth-order valence-corrected chi connectivity index (χ4v) is 9.31. The van der Waals surface area contributed by atoms with Gasteiger partial charge in [-0.15, -0.1) is 0 Å². The van der Waals surface area contributed by atoms with Crippen LogP contribution in [0.4, 0.5) is 0 Å². The van der Waals surface area contributed by atoms with Crippen LogP contribution in [-0.4, -0.2) is 14.5 Å². The molecule has 0 bridgehead atoms. The van der Waals surface area contributed by atoms with Crippen molar-refractivity contribution in [1.82, 2.24) is 14.5 Å². The number of hydrogen-bond donors (Lipinski definition) is 0. The molecule has 9 aromatic carbocycles. The molecule has 4 heterocycles. The van der Waals surface area contributed by atoms with Crippen molar-refractivity contribution in [1.29, 1.82) is 0 Å². The van der Waals surface area contributed by atoms with Crippen LogP contribution in [0.15, 0.2) is 173 Å². The van der Waals surface area contributed by atoms with E-state index in [9.17, 15) is 0 Å². The number of para-hydroxylation sites is 1. The number of fused-ring (bicyclic) bond motifs is 7. The molecule has 0 saturated heterocycles. The summed E-state index contributed by atoms with van der Waals surface area (Å²) in [5.74, 6) is 0.585. The minimum atomic E-state index is 0.585. The van der Waals surface area contributed by atoms with Gasteiger partial charge in [0.05, 0.1) is 11.0 Å². The fraction of sp³-hybridized carbons (Fsp3) is 0. The topological polar surface area (TPSA) is 57.0 Å². The average molecular weight is 702 g/mol. The molecule has 5 nitrogen and oxygen atoms in total. The third-order valence-corrected chi connectivity index (χ3v) is 11.6. The number of hydrogen-bond acceptors (Lipinski definition) is 4. The van der Waals surface area contributed by atoms with Gasteiger partial charge in [-0.2, -0.15) is 0 Å². The third-order valence-electron chi connectivity index (χ3n) is 11.6. The highest BCUT2D eigenvalue weighted by molar-refractivity contribution is 6.38. The highest BCUT2D eigenvalue weighted by Gasteiger charge is 2.26. The van der Waals surface area contributed by atoms with Crippen LogP contribution >= 0.6 is 0 Å². The van der Waals surface area contributed by atoms with Crippen molar-refractivity contribution < 1.29 is 8.83 Å². The Morgan fingerprint density at radius 3 is 1.78 bits per heavy atom. The first-order valence-electron chi connectivity index (χ1n) is 18.6. The molecule has 0 aliphatic heterocycles. The van der Waals surface area contributed by atoms with Gasteiger partial charge in [0, 0.05) is 32.5 Å². The summed E-state index contributed by atoms with van der Waals surface area (Å²) in [6.07, 6.45) is 0. The van der Waals surface area contributed by atoms with Crippen LogP contribution in [0, 0.1) is 0 Å². The van der Waals surface area contributed by atoms with Crippen LogP contribution in [-0.2, 0) is 0 Å². The maximum Gasteiger partial charge on any atom is 0.236 e. The van der Waals surface area contributed by atoms with Gasteiger partial charge in [0.1, 0.15) is 28.0 Å². The van der Waals surface area contributed by atoms with E-state index >= 15 is 0 Å². The monoisotopic (exact) mass is 701 g/mol. The summed E-state index contributed by atoms with van der Waals surface area (Å²) in [5.41, 5.74) is 10.1. The van der Waals surface area contributed by atoms with Gasteiger partial charge in [-0.1, -0.05) is 127 Å². The Morgan fingerprint density at radius 2 is 0.964 bits per heavy atom. The van der Waals surface area contributed by atoms with Crippen LogP contribution in [0.3, 0.4) is 0 Å².